The number of nitrogens with zero attached hydrogens (tertiary/aromatic N) is 2. The van der Waals surface area contributed by atoms with Gasteiger partial charge in [-0.2, -0.15) is 0 Å². The van der Waals surface area contributed by atoms with Crippen LogP contribution in [0, 0.1) is 0 Å². The minimum atomic E-state index is -3.35. The topological polar surface area (TPSA) is 89.0 Å². The van der Waals surface area contributed by atoms with Gasteiger partial charge in [0.15, 0.2) is 20.7 Å². The van der Waals surface area contributed by atoms with Crippen molar-refractivity contribution in [1.29, 1.82) is 0 Å². The molecule has 0 radical (unpaired) electrons. The number of nitrogens with one attached hydrogen (secondary N) is 1. The lowest BCUT2D eigenvalue weighted by Gasteiger charge is -2.07. The van der Waals surface area contributed by atoms with Gasteiger partial charge in [-0.05, 0) is 18.2 Å². The Kier molecular flexibility index (Phi) is 5.35. The van der Waals surface area contributed by atoms with E-state index in [-0.39, 0.29) is 35.9 Å². The number of hydrogen-bond acceptors (Lipinski definition) is 6. The number of carbonyl (C=O) groups is 1. The summed E-state index contributed by atoms with van der Waals surface area (Å²) in [6.45, 7) is 0. The molecule has 1 aromatic carbocycles. The maximum Gasteiger partial charge on any atom is 0.277 e. The van der Waals surface area contributed by atoms with Gasteiger partial charge in [0.2, 0.25) is 0 Å². The smallest absolute Gasteiger partial charge is 0.277 e. The molecular formula is C14H7Cl4N3O3S2. The number of anilines is 1. The van der Waals surface area contributed by atoms with Crippen molar-refractivity contribution in [2.24, 2.45) is 0 Å². The van der Waals surface area contributed by atoms with E-state index in [0.717, 1.165) is 17.6 Å². The highest BCUT2D eigenvalue weighted by Gasteiger charge is 2.21. The Morgan fingerprint density at radius 2 is 1.77 bits per heavy atom. The summed E-state index contributed by atoms with van der Waals surface area (Å²) in [6.07, 6.45) is 1.11. The van der Waals surface area contributed by atoms with E-state index in [9.17, 15) is 13.2 Å². The number of halogens is 4. The number of aromatic nitrogens is 2. The third kappa shape index (κ3) is 3.76. The number of amides is 1. The highest BCUT2D eigenvalue weighted by atomic mass is 35.5. The van der Waals surface area contributed by atoms with Crippen LogP contribution in [0.5, 0.6) is 0 Å². The summed E-state index contributed by atoms with van der Waals surface area (Å²) < 4.78 is 23.9. The van der Waals surface area contributed by atoms with Gasteiger partial charge in [-0.25, -0.2) is 18.4 Å². The van der Waals surface area contributed by atoms with Crippen LogP contribution < -0.4 is 5.32 Å². The molecule has 2 aromatic heterocycles. The van der Waals surface area contributed by atoms with Gasteiger partial charge in [-0.1, -0.05) is 57.7 Å². The average Bonchev–Trinajstić information content (AvgIpc) is 2.96. The van der Waals surface area contributed by atoms with Crippen LogP contribution in [0.1, 0.15) is 10.5 Å². The van der Waals surface area contributed by atoms with Crippen molar-refractivity contribution in [3.05, 3.63) is 44.1 Å². The molecule has 0 aliphatic carbocycles. The molecule has 3 rings (SSSR count). The zero-order chi connectivity index (χ0) is 19.2. The van der Waals surface area contributed by atoms with Gasteiger partial charge in [0.25, 0.3) is 5.91 Å². The van der Waals surface area contributed by atoms with Crippen molar-refractivity contribution in [3.8, 4) is 0 Å². The molecule has 6 nitrogen and oxygen atoms in total. The van der Waals surface area contributed by atoms with Crippen LogP contribution in [-0.2, 0) is 9.84 Å². The van der Waals surface area contributed by atoms with Crippen LogP contribution >= 0.6 is 57.7 Å². The molecule has 0 saturated carbocycles. The van der Waals surface area contributed by atoms with Gasteiger partial charge < -0.3 is 0 Å². The fraction of sp³-hybridized carbons (Fsp3) is 0.0714. The van der Waals surface area contributed by atoms with E-state index in [4.69, 9.17) is 46.4 Å². The lowest BCUT2D eigenvalue weighted by molar-refractivity contribution is 0.102. The Morgan fingerprint density at radius 3 is 2.42 bits per heavy atom. The van der Waals surface area contributed by atoms with E-state index in [1.807, 2.05) is 0 Å². The average molecular weight is 471 g/mol. The van der Waals surface area contributed by atoms with Gasteiger partial charge in [-0.15, -0.1) is 0 Å². The highest BCUT2D eigenvalue weighted by molar-refractivity contribution is 7.90. The van der Waals surface area contributed by atoms with Crippen LogP contribution in [0.15, 0.2) is 23.1 Å². The predicted molar refractivity (Wildman–Crippen MR) is 105 cm³/mol. The van der Waals surface area contributed by atoms with Crippen LogP contribution in [0.25, 0.3) is 10.2 Å². The first-order valence-electron chi connectivity index (χ1n) is 6.70. The van der Waals surface area contributed by atoms with Crippen LogP contribution in [0.3, 0.4) is 0 Å². The largest absolute Gasteiger partial charge is 0.296 e. The van der Waals surface area contributed by atoms with Crippen molar-refractivity contribution >= 4 is 88.8 Å². The standard InChI is InChI=1S/C14H7Cl4N3O3S2/c1-26(23,24)5-2-3-6-7(4-5)25-14(19-6)21-13(22)11-9(16)8(15)10(17)12(18)20-11/h2-4H,1H3,(H,19,21,22). The third-order valence-electron chi connectivity index (χ3n) is 3.21. The number of sulfone groups is 1. The number of carbonyl (C=O) groups excluding carboxylic acids is 1. The van der Waals surface area contributed by atoms with Gasteiger partial charge in [-0.3, -0.25) is 10.1 Å². The van der Waals surface area contributed by atoms with Crippen LogP contribution in [0.2, 0.25) is 20.2 Å². The molecule has 12 heteroatoms. The maximum atomic E-state index is 12.4. The second-order valence-electron chi connectivity index (χ2n) is 5.07. The molecular weight excluding hydrogens is 464 g/mol. The fourth-order valence-corrected chi connectivity index (χ4v) is 4.42. The Labute approximate surface area is 172 Å². The summed E-state index contributed by atoms with van der Waals surface area (Å²) in [4.78, 5) is 20.6. The Hall–Kier alpha value is -1.16. The van der Waals surface area contributed by atoms with Crippen molar-refractivity contribution < 1.29 is 13.2 Å². The molecule has 0 aliphatic heterocycles. The summed E-state index contributed by atoms with van der Waals surface area (Å²) in [6, 6.07) is 4.48. The maximum absolute atomic E-state index is 12.4. The summed E-state index contributed by atoms with van der Waals surface area (Å²) >= 11 is 24.7. The Bertz CT molecular complexity index is 1160. The molecule has 0 atom stereocenters. The number of hydrogen-bond donors (Lipinski definition) is 1. The van der Waals surface area contributed by atoms with Gasteiger partial charge in [0, 0.05) is 6.26 Å². The molecule has 0 saturated heterocycles. The predicted octanol–water partition coefficient (Wildman–Crippen LogP) is 4.96. The summed E-state index contributed by atoms with van der Waals surface area (Å²) in [5, 5.41) is 2.33. The lowest BCUT2D eigenvalue weighted by atomic mass is 10.3. The molecule has 0 bridgehead atoms. The molecule has 2 heterocycles. The molecule has 0 fully saturated rings. The van der Waals surface area contributed by atoms with E-state index in [1.54, 1.807) is 6.07 Å². The van der Waals surface area contributed by atoms with E-state index in [2.05, 4.69) is 15.3 Å². The minimum Gasteiger partial charge on any atom is -0.296 e. The SMILES string of the molecule is CS(=O)(=O)c1ccc2nc(NC(=O)c3nc(Cl)c(Cl)c(Cl)c3Cl)sc2c1. The highest BCUT2D eigenvalue weighted by Crippen LogP contribution is 2.36. The number of benzene rings is 1. The molecule has 0 spiro atoms. The fourth-order valence-electron chi connectivity index (χ4n) is 1.98. The second-order valence-corrected chi connectivity index (χ2v) is 9.61. The number of rotatable bonds is 3. The number of thiazole rings is 1. The number of pyridine rings is 1. The zero-order valence-corrected chi connectivity index (χ0v) is 17.3. The molecule has 0 unspecified atom stereocenters. The van der Waals surface area contributed by atoms with E-state index in [1.165, 1.54) is 12.1 Å². The van der Waals surface area contributed by atoms with E-state index >= 15 is 0 Å². The zero-order valence-electron chi connectivity index (χ0n) is 12.7. The number of fused-ring (bicyclic) bond motifs is 1. The van der Waals surface area contributed by atoms with Crippen molar-refractivity contribution in [1.82, 2.24) is 9.97 Å². The summed E-state index contributed by atoms with van der Waals surface area (Å²) in [5.41, 5.74) is 0.325. The van der Waals surface area contributed by atoms with Gasteiger partial charge in [0.1, 0.15) is 5.15 Å². The summed E-state index contributed by atoms with van der Waals surface area (Å²) in [5.74, 6) is -0.683. The van der Waals surface area contributed by atoms with E-state index < -0.39 is 15.7 Å². The molecule has 0 aliphatic rings. The van der Waals surface area contributed by atoms with Crippen molar-refractivity contribution in [2.45, 2.75) is 4.90 Å². The third-order valence-corrected chi connectivity index (χ3v) is 6.93. The quantitative estimate of drug-likeness (QED) is 0.546. The van der Waals surface area contributed by atoms with Crippen molar-refractivity contribution in [2.75, 3.05) is 11.6 Å². The monoisotopic (exact) mass is 469 g/mol. The first kappa shape index (κ1) is 19.6. The Balaban J connectivity index is 1.95. The lowest BCUT2D eigenvalue weighted by Crippen LogP contribution is -2.14. The van der Waals surface area contributed by atoms with Gasteiger partial charge in [0.05, 0.1) is 30.2 Å². The normalized spacial score (nSPS) is 11.7. The Morgan fingerprint density at radius 1 is 1.08 bits per heavy atom. The molecule has 136 valence electrons. The molecule has 1 N–H and O–H groups in total. The van der Waals surface area contributed by atoms with Crippen LogP contribution in [0.4, 0.5) is 5.13 Å². The van der Waals surface area contributed by atoms with Gasteiger partial charge >= 0.3 is 0 Å². The molecule has 3 aromatic rings. The first-order chi connectivity index (χ1) is 12.1. The van der Waals surface area contributed by atoms with E-state index in [0.29, 0.717) is 10.2 Å². The van der Waals surface area contributed by atoms with Crippen molar-refractivity contribution in [3.63, 3.8) is 0 Å². The molecule has 26 heavy (non-hydrogen) atoms. The second kappa shape index (κ2) is 7.10. The minimum absolute atomic E-state index is 0.0526. The molecule has 1 amide bonds. The summed E-state index contributed by atoms with van der Waals surface area (Å²) in [7, 11) is -3.35. The van der Waals surface area contributed by atoms with Crippen LogP contribution in [-0.4, -0.2) is 30.5 Å². The first-order valence-corrected chi connectivity index (χ1v) is 10.9.